The zero-order valence-electron chi connectivity index (χ0n) is 15.3. The fourth-order valence-electron chi connectivity index (χ4n) is 5.97. The summed E-state index contributed by atoms with van der Waals surface area (Å²) in [4.78, 5) is 24.3. The zero-order valence-corrected chi connectivity index (χ0v) is 15.3. The Morgan fingerprint density at radius 3 is 2.64 bits per heavy atom. The maximum Gasteiger partial charge on any atom is 0.314 e. The number of hydrogen-bond donors (Lipinski definition) is 1. The van der Waals surface area contributed by atoms with Crippen molar-refractivity contribution in [3.8, 4) is 0 Å². The largest absolute Gasteiger partial charge is 0.459 e. The van der Waals surface area contributed by atoms with Crippen molar-refractivity contribution in [2.24, 2.45) is 23.2 Å². The van der Waals surface area contributed by atoms with E-state index in [9.17, 15) is 14.7 Å². The molecule has 1 N–H and O–H groups in total. The highest BCUT2D eigenvalue weighted by atomic mass is 16.8. The van der Waals surface area contributed by atoms with Gasteiger partial charge in [0.1, 0.15) is 6.10 Å². The quantitative estimate of drug-likeness (QED) is 0.749. The molecule has 0 radical (unpaired) electrons. The van der Waals surface area contributed by atoms with E-state index in [-0.39, 0.29) is 11.8 Å². The molecule has 140 valence electrons. The highest BCUT2D eigenvalue weighted by molar-refractivity contribution is 5.78. The van der Waals surface area contributed by atoms with Crippen molar-refractivity contribution in [3.05, 3.63) is 0 Å². The standard InChI is InChI=1S/C18H26O7/c1-9-6-7-16(22-5)12-8-17(25-16)18(21,10(2)13(20)24-17)14(15(9,12)4)23-11(3)19/h9-10,12,14,21H,6-8H2,1-5H3/t9-,10-,12+,14-,15+,16-,17-,18-/m0/s1. The predicted molar refractivity (Wildman–Crippen MR) is 83.9 cm³/mol. The number of rotatable bonds is 2. The molecule has 4 rings (SSSR count). The first kappa shape index (κ1) is 17.2. The molecule has 8 atom stereocenters. The van der Waals surface area contributed by atoms with E-state index < -0.39 is 46.6 Å². The summed E-state index contributed by atoms with van der Waals surface area (Å²) in [5, 5.41) is 11.8. The third kappa shape index (κ3) is 1.68. The number of carbonyl (C=O) groups excluding carboxylic acids is 2. The Balaban J connectivity index is 1.97. The summed E-state index contributed by atoms with van der Waals surface area (Å²) in [7, 11) is 1.58. The second-order valence-corrected chi connectivity index (χ2v) is 8.39. The van der Waals surface area contributed by atoms with Gasteiger partial charge in [-0.15, -0.1) is 0 Å². The van der Waals surface area contributed by atoms with E-state index in [1.807, 2.05) is 6.92 Å². The molecule has 4 fully saturated rings. The van der Waals surface area contributed by atoms with Crippen LogP contribution in [0.5, 0.6) is 0 Å². The topological polar surface area (TPSA) is 91.3 Å². The summed E-state index contributed by atoms with van der Waals surface area (Å²) in [6.45, 7) is 7.02. The van der Waals surface area contributed by atoms with Crippen molar-refractivity contribution in [1.82, 2.24) is 0 Å². The van der Waals surface area contributed by atoms with Gasteiger partial charge in [0.25, 0.3) is 0 Å². The van der Waals surface area contributed by atoms with Crippen LogP contribution in [0.15, 0.2) is 0 Å². The first-order chi connectivity index (χ1) is 11.6. The van der Waals surface area contributed by atoms with Crippen molar-refractivity contribution in [2.75, 3.05) is 7.11 Å². The van der Waals surface area contributed by atoms with Crippen LogP contribution in [0.3, 0.4) is 0 Å². The molecule has 2 aliphatic heterocycles. The van der Waals surface area contributed by atoms with E-state index in [1.165, 1.54) is 6.92 Å². The number of aliphatic hydroxyl groups is 1. The summed E-state index contributed by atoms with van der Waals surface area (Å²) in [6.07, 6.45) is 0.866. The molecule has 0 aromatic heterocycles. The minimum absolute atomic E-state index is 0.150. The van der Waals surface area contributed by atoms with Crippen molar-refractivity contribution < 1.29 is 33.6 Å². The lowest BCUT2D eigenvalue weighted by Crippen LogP contribution is -2.71. The summed E-state index contributed by atoms with van der Waals surface area (Å²) >= 11 is 0. The Bertz CT molecular complexity index is 649. The van der Waals surface area contributed by atoms with Crippen LogP contribution in [0.2, 0.25) is 0 Å². The van der Waals surface area contributed by atoms with Gasteiger partial charge in [-0.1, -0.05) is 13.8 Å². The fourth-order valence-corrected chi connectivity index (χ4v) is 5.97. The third-order valence-electron chi connectivity index (χ3n) is 7.56. The van der Waals surface area contributed by atoms with Crippen LogP contribution in [0.4, 0.5) is 0 Å². The van der Waals surface area contributed by atoms with Gasteiger partial charge in [0, 0.05) is 38.2 Å². The number of ether oxygens (including phenoxy) is 4. The summed E-state index contributed by atoms with van der Waals surface area (Å²) < 4.78 is 23.4. The molecule has 0 aromatic rings. The highest BCUT2D eigenvalue weighted by Crippen LogP contribution is 2.72. The van der Waals surface area contributed by atoms with Gasteiger partial charge in [-0.2, -0.15) is 0 Å². The molecular formula is C18H26O7. The minimum Gasteiger partial charge on any atom is -0.459 e. The molecule has 2 heterocycles. The predicted octanol–water partition coefficient (Wildman–Crippen LogP) is 1.37. The minimum atomic E-state index is -1.75. The summed E-state index contributed by atoms with van der Waals surface area (Å²) in [6, 6.07) is 0. The van der Waals surface area contributed by atoms with Crippen LogP contribution in [0.1, 0.15) is 47.0 Å². The van der Waals surface area contributed by atoms with Crippen LogP contribution in [-0.4, -0.2) is 47.4 Å². The molecule has 2 saturated heterocycles. The van der Waals surface area contributed by atoms with Gasteiger partial charge in [-0.25, -0.2) is 0 Å². The average Bonchev–Trinajstić information content (AvgIpc) is 2.98. The molecular weight excluding hydrogens is 328 g/mol. The van der Waals surface area contributed by atoms with E-state index >= 15 is 0 Å². The van der Waals surface area contributed by atoms with E-state index in [1.54, 1.807) is 14.0 Å². The van der Waals surface area contributed by atoms with E-state index in [0.717, 1.165) is 6.42 Å². The van der Waals surface area contributed by atoms with Gasteiger partial charge >= 0.3 is 11.9 Å². The molecule has 2 aliphatic carbocycles. The Hall–Kier alpha value is -1.18. The lowest BCUT2D eigenvalue weighted by molar-refractivity contribution is -0.343. The molecule has 4 aliphatic rings. The molecule has 25 heavy (non-hydrogen) atoms. The first-order valence-corrected chi connectivity index (χ1v) is 8.95. The molecule has 0 amide bonds. The zero-order chi connectivity index (χ0) is 18.4. The van der Waals surface area contributed by atoms with Gasteiger partial charge in [0.15, 0.2) is 11.4 Å². The van der Waals surface area contributed by atoms with Gasteiger partial charge in [-0.3, -0.25) is 9.59 Å². The van der Waals surface area contributed by atoms with Gasteiger partial charge in [0.2, 0.25) is 5.79 Å². The number of carbonyl (C=O) groups is 2. The molecule has 7 heteroatoms. The Morgan fingerprint density at radius 1 is 1.36 bits per heavy atom. The average molecular weight is 354 g/mol. The van der Waals surface area contributed by atoms with Crippen LogP contribution < -0.4 is 0 Å². The highest BCUT2D eigenvalue weighted by Gasteiger charge is 2.86. The van der Waals surface area contributed by atoms with E-state index in [4.69, 9.17) is 18.9 Å². The van der Waals surface area contributed by atoms with Crippen molar-refractivity contribution >= 4 is 11.9 Å². The lowest BCUT2D eigenvalue weighted by Gasteiger charge is -2.58. The Kier molecular flexibility index (Phi) is 3.28. The molecule has 2 saturated carbocycles. The van der Waals surface area contributed by atoms with Crippen molar-refractivity contribution in [1.29, 1.82) is 0 Å². The SMILES string of the molecule is CO[C@]12CC[C@H](C)[C@]3(C)[C@H]1C[C@]1(OC(=O)[C@H](C)[C@]1(O)[C@H]3OC(C)=O)O2. The Labute approximate surface area is 146 Å². The maximum absolute atomic E-state index is 12.4. The van der Waals surface area contributed by atoms with E-state index in [2.05, 4.69) is 6.92 Å². The molecule has 0 aromatic carbocycles. The van der Waals surface area contributed by atoms with Crippen LogP contribution in [-0.2, 0) is 28.5 Å². The molecule has 1 spiro atoms. The number of esters is 2. The molecule has 2 bridgehead atoms. The smallest absolute Gasteiger partial charge is 0.314 e. The maximum atomic E-state index is 12.4. The van der Waals surface area contributed by atoms with Gasteiger partial charge in [0.05, 0.1) is 5.92 Å². The van der Waals surface area contributed by atoms with Crippen LogP contribution in [0.25, 0.3) is 0 Å². The molecule has 0 unspecified atom stereocenters. The van der Waals surface area contributed by atoms with Crippen LogP contribution >= 0.6 is 0 Å². The Morgan fingerprint density at radius 2 is 2.04 bits per heavy atom. The first-order valence-electron chi connectivity index (χ1n) is 8.95. The summed E-state index contributed by atoms with van der Waals surface area (Å²) in [5.74, 6) is -4.39. The summed E-state index contributed by atoms with van der Waals surface area (Å²) in [5.41, 5.74) is -2.35. The van der Waals surface area contributed by atoms with Gasteiger partial charge in [-0.05, 0) is 19.3 Å². The number of methoxy groups -OCH3 is 1. The molecule has 7 nitrogen and oxygen atoms in total. The second kappa shape index (κ2) is 4.75. The van der Waals surface area contributed by atoms with Gasteiger partial charge < -0.3 is 24.1 Å². The lowest BCUT2D eigenvalue weighted by atomic mass is 9.49. The van der Waals surface area contributed by atoms with Crippen molar-refractivity contribution in [3.63, 3.8) is 0 Å². The number of hydrogen-bond acceptors (Lipinski definition) is 7. The van der Waals surface area contributed by atoms with Crippen LogP contribution in [0, 0.1) is 23.2 Å². The third-order valence-corrected chi connectivity index (χ3v) is 7.56. The normalized spacial score (nSPS) is 56.3. The van der Waals surface area contributed by atoms with Crippen molar-refractivity contribution in [2.45, 2.75) is 70.2 Å². The second-order valence-electron chi connectivity index (χ2n) is 8.39. The monoisotopic (exact) mass is 354 g/mol. The fraction of sp³-hybridized carbons (Fsp3) is 0.889. The van der Waals surface area contributed by atoms with E-state index in [0.29, 0.717) is 12.8 Å².